The molecule has 4 nitrogen and oxygen atoms in total. The van der Waals surface area contributed by atoms with Crippen molar-refractivity contribution >= 4 is 65.6 Å². The summed E-state index contributed by atoms with van der Waals surface area (Å²) in [5.74, 6) is 0. The van der Waals surface area contributed by atoms with E-state index in [1.54, 1.807) is 0 Å². The number of hydrogen-bond donors (Lipinski definition) is 0. The second-order valence-corrected chi connectivity index (χ2v) is 16.8. The molecule has 0 radical (unpaired) electrons. The molecule has 0 aliphatic heterocycles. The summed E-state index contributed by atoms with van der Waals surface area (Å²) in [6.07, 6.45) is 0. The van der Waals surface area contributed by atoms with Crippen molar-refractivity contribution in [1.29, 1.82) is 5.26 Å². The average Bonchev–Trinajstić information content (AvgIpc) is 4.03. The van der Waals surface area contributed by atoms with Gasteiger partial charge in [-0.3, -0.25) is 0 Å². The van der Waals surface area contributed by atoms with Gasteiger partial charge in [0.25, 0.3) is 0 Å². The molecule has 3 aromatic heterocycles. The van der Waals surface area contributed by atoms with Crippen molar-refractivity contribution in [3.63, 3.8) is 0 Å². The Balaban J connectivity index is 1.19. The minimum atomic E-state index is 0.550. The van der Waals surface area contributed by atoms with Crippen LogP contribution < -0.4 is 0 Å². The minimum Gasteiger partial charge on any atom is -0.454 e. The van der Waals surface area contributed by atoms with Crippen LogP contribution in [0.25, 0.3) is 121 Å². The third kappa shape index (κ3) is 5.77. The lowest BCUT2D eigenvalue weighted by atomic mass is 10.0. The lowest BCUT2D eigenvalue weighted by Gasteiger charge is -2.19. The van der Waals surface area contributed by atoms with Crippen molar-refractivity contribution in [2.45, 2.75) is 0 Å². The van der Waals surface area contributed by atoms with Crippen LogP contribution in [0.4, 0.5) is 0 Å². The Hall–Kier alpha value is -8.91. The maximum Gasteiger partial charge on any atom is 0.161 e. The number of benzene rings is 10. The van der Waals surface area contributed by atoms with E-state index in [1.807, 2.05) is 24.3 Å². The fraction of sp³-hybridized carbons (Fsp3) is 0. The molecule has 0 spiro atoms. The van der Waals surface area contributed by atoms with Crippen molar-refractivity contribution in [3.05, 3.63) is 230 Å². The van der Waals surface area contributed by atoms with E-state index in [0.29, 0.717) is 5.56 Å². The topological polar surface area (TPSA) is 46.8 Å². The van der Waals surface area contributed by atoms with E-state index in [1.165, 1.54) is 0 Å². The van der Waals surface area contributed by atoms with Crippen molar-refractivity contribution in [1.82, 2.24) is 9.13 Å². The third-order valence-electron chi connectivity index (χ3n) is 13.1. The van der Waals surface area contributed by atoms with Gasteiger partial charge in [-0.05, 0) is 105 Å². The van der Waals surface area contributed by atoms with Gasteiger partial charge in [0.05, 0.1) is 33.3 Å². The zero-order valence-corrected chi connectivity index (χ0v) is 35.1. The molecule has 0 saturated heterocycles. The molecule has 13 rings (SSSR count). The number of aromatic nitrogens is 2. The van der Waals surface area contributed by atoms with Crippen LogP contribution in [0.15, 0.2) is 229 Å². The lowest BCUT2D eigenvalue weighted by molar-refractivity contribution is 0.666. The molecule has 302 valence electrons. The van der Waals surface area contributed by atoms with E-state index in [9.17, 15) is 5.26 Å². The van der Waals surface area contributed by atoms with Gasteiger partial charge < -0.3 is 13.6 Å². The summed E-state index contributed by atoms with van der Waals surface area (Å²) in [7, 11) is 0. The third-order valence-corrected chi connectivity index (χ3v) is 13.1. The summed E-state index contributed by atoms with van der Waals surface area (Å²) in [6, 6.07) is 82.1. The van der Waals surface area contributed by atoms with Crippen molar-refractivity contribution in [2.24, 2.45) is 0 Å². The molecule has 4 heteroatoms. The molecule has 0 atom stereocenters. The molecular weight excluding hydrogens is 791 g/mol. The highest BCUT2D eigenvalue weighted by Crippen LogP contribution is 2.47. The number of para-hydroxylation sites is 1. The molecule has 0 fully saturated rings. The highest BCUT2D eigenvalue weighted by molar-refractivity contribution is 6.17. The van der Waals surface area contributed by atoms with Crippen LogP contribution in [0, 0.1) is 11.3 Å². The predicted octanol–water partition coefficient (Wildman–Crippen LogP) is 16.3. The Morgan fingerprint density at radius 3 is 1.05 bits per heavy atom. The first-order valence-corrected chi connectivity index (χ1v) is 22.0. The zero-order valence-electron chi connectivity index (χ0n) is 35.1. The van der Waals surface area contributed by atoms with Gasteiger partial charge in [-0.15, -0.1) is 0 Å². The molecule has 0 aliphatic carbocycles. The van der Waals surface area contributed by atoms with Crippen LogP contribution in [0.2, 0.25) is 0 Å². The van der Waals surface area contributed by atoms with Crippen LogP contribution in [-0.2, 0) is 0 Å². The number of rotatable bonds is 6. The molecule has 0 amide bonds. The lowest BCUT2D eigenvalue weighted by Crippen LogP contribution is -2.07. The first kappa shape index (κ1) is 36.7. The van der Waals surface area contributed by atoms with Gasteiger partial charge in [0, 0.05) is 32.3 Å². The largest absolute Gasteiger partial charge is 0.454 e. The molecule has 10 aromatic carbocycles. The van der Waals surface area contributed by atoms with E-state index < -0.39 is 0 Å². The summed E-state index contributed by atoms with van der Waals surface area (Å²) >= 11 is 0. The van der Waals surface area contributed by atoms with Gasteiger partial charge in [0.2, 0.25) is 0 Å². The smallest absolute Gasteiger partial charge is 0.161 e. The Kier molecular flexibility index (Phi) is 8.24. The molecule has 0 bridgehead atoms. The summed E-state index contributed by atoms with van der Waals surface area (Å²) in [5.41, 5.74) is 16.7. The van der Waals surface area contributed by atoms with E-state index in [4.69, 9.17) is 4.42 Å². The van der Waals surface area contributed by atoms with E-state index in [2.05, 4.69) is 215 Å². The number of nitriles is 1. The molecule has 0 saturated carbocycles. The van der Waals surface area contributed by atoms with Crippen LogP contribution in [0.3, 0.4) is 0 Å². The van der Waals surface area contributed by atoms with Gasteiger partial charge in [0.1, 0.15) is 17.3 Å². The maximum atomic E-state index is 11.5. The fourth-order valence-corrected chi connectivity index (χ4v) is 10.1. The molecule has 65 heavy (non-hydrogen) atoms. The summed E-state index contributed by atoms with van der Waals surface area (Å²) < 4.78 is 11.7. The number of nitrogens with zero attached hydrogens (tertiary/aromatic N) is 3. The summed E-state index contributed by atoms with van der Waals surface area (Å²) in [4.78, 5) is 0. The van der Waals surface area contributed by atoms with Crippen molar-refractivity contribution in [3.8, 4) is 62.0 Å². The quantitative estimate of drug-likeness (QED) is 0.168. The standard InChI is InChI=1S/C61H37N3O/c62-38-47-37-53-48-23-13-14-24-58(48)65-61(53)60(64-56-31-27-45(41-19-9-3-10-20-41)35-51(56)52-36-46(28-32-57(52)64)42-21-11-4-12-22-42)59(47)63-54-29-25-43(39-15-5-1-6-16-39)33-49(54)50-34-44(26-30-55(50)63)40-17-7-2-8-18-40/h1-37H. The second kappa shape index (κ2) is 14.6. The molecule has 3 heterocycles. The molecule has 0 unspecified atom stereocenters. The van der Waals surface area contributed by atoms with Crippen LogP contribution in [0.5, 0.6) is 0 Å². The van der Waals surface area contributed by atoms with Gasteiger partial charge in [-0.25, -0.2) is 0 Å². The molecule has 0 N–H and O–H groups in total. The zero-order chi connectivity index (χ0) is 43.0. The molecule has 0 aliphatic rings. The Labute approximate surface area is 374 Å². The maximum absolute atomic E-state index is 11.5. The fourth-order valence-electron chi connectivity index (χ4n) is 10.1. The van der Waals surface area contributed by atoms with E-state index in [0.717, 1.165) is 121 Å². The highest BCUT2D eigenvalue weighted by Gasteiger charge is 2.28. The highest BCUT2D eigenvalue weighted by atomic mass is 16.3. The van der Waals surface area contributed by atoms with E-state index in [-0.39, 0.29) is 0 Å². The molecule has 13 aromatic rings. The summed E-state index contributed by atoms with van der Waals surface area (Å²) in [6.45, 7) is 0. The Morgan fingerprint density at radius 2 is 0.662 bits per heavy atom. The normalized spacial score (nSPS) is 11.7. The monoisotopic (exact) mass is 827 g/mol. The number of fused-ring (bicyclic) bond motifs is 9. The van der Waals surface area contributed by atoms with Crippen molar-refractivity contribution < 1.29 is 4.42 Å². The second-order valence-electron chi connectivity index (χ2n) is 16.8. The number of furan rings is 1. The predicted molar refractivity (Wildman–Crippen MR) is 269 cm³/mol. The van der Waals surface area contributed by atoms with Crippen molar-refractivity contribution in [2.75, 3.05) is 0 Å². The SMILES string of the molecule is N#Cc1cc2c(oc3ccccc32)c(-n2c3ccc(-c4ccccc4)cc3c3cc(-c4ccccc4)ccc32)c1-n1c2ccc(-c3ccccc3)cc2c2cc(-c3ccccc3)ccc21. The first-order chi connectivity index (χ1) is 32.2. The van der Waals surface area contributed by atoms with Crippen LogP contribution in [0.1, 0.15) is 5.56 Å². The van der Waals surface area contributed by atoms with Gasteiger partial charge >= 0.3 is 0 Å². The van der Waals surface area contributed by atoms with Gasteiger partial charge in [0.15, 0.2) is 5.58 Å². The summed E-state index contributed by atoms with van der Waals surface area (Å²) in [5, 5.41) is 17.8. The first-order valence-electron chi connectivity index (χ1n) is 22.0. The van der Waals surface area contributed by atoms with Gasteiger partial charge in [-0.2, -0.15) is 5.26 Å². The average molecular weight is 828 g/mol. The molecular formula is C61H37N3O. The Morgan fingerprint density at radius 1 is 0.308 bits per heavy atom. The van der Waals surface area contributed by atoms with Gasteiger partial charge in [-0.1, -0.05) is 164 Å². The number of hydrogen-bond acceptors (Lipinski definition) is 2. The minimum absolute atomic E-state index is 0.550. The Bertz CT molecular complexity index is 3850. The van der Waals surface area contributed by atoms with E-state index >= 15 is 0 Å². The van der Waals surface area contributed by atoms with Crippen LogP contribution in [-0.4, -0.2) is 9.13 Å². The van der Waals surface area contributed by atoms with Crippen LogP contribution >= 0.6 is 0 Å².